The van der Waals surface area contributed by atoms with Gasteiger partial charge in [0.25, 0.3) is 0 Å². The lowest BCUT2D eigenvalue weighted by atomic mass is 9.82. The van der Waals surface area contributed by atoms with Crippen molar-refractivity contribution >= 4 is 0 Å². The van der Waals surface area contributed by atoms with E-state index in [0.29, 0.717) is 0 Å². The van der Waals surface area contributed by atoms with Crippen LogP contribution in [0.25, 0.3) is 33.4 Å². The van der Waals surface area contributed by atoms with Gasteiger partial charge in [0.05, 0.1) is 0 Å². The fraction of sp³-hybridized carbons (Fsp3) is 0.579. The van der Waals surface area contributed by atoms with Gasteiger partial charge in [-0.2, -0.15) is 15.2 Å². The van der Waals surface area contributed by atoms with Crippen LogP contribution < -0.4 is 0 Å². The monoisotopic (exact) mass is 856 g/mol. The fourth-order valence-corrected chi connectivity index (χ4v) is 11.4. The van der Waals surface area contributed by atoms with Crippen molar-refractivity contribution in [3.05, 3.63) is 108 Å². The lowest BCUT2D eigenvalue weighted by Gasteiger charge is -2.52. The first-order valence-electron chi connectivity index (χ1n) is 24.3. The van der Waals surface area contributed by atoms with Crippen molar-refractivity contribution in [3.63, 3.8) is 0 Å². The van der Waals surface area contributed by atoms with Gasteiger partial charge in [-0.05, 0) is 230 Å². The van der Waals surface area contributed by atoms with E-state index in [-0.39, 0.29) is 51.5 Å². The summed E-state index contributed by atoms with van der Waals surface area (Å²) in [5, 5.41) is 6.83. The number of hydrogen-bond donors (Lipinski definition) is 0. The molecular weight excluding hydrogens is 775 g/mol. The van der Waals surface area contributed by atoms with Gasteiger partial charge in [0.15, 0.2) is 0 Å². The summed E-state index contributed by atoms with van der Waals surface area (Å²) in [4.78, 5) is 20.4. The Bertz CT molecular complexity index is 1860. The minimum Gasteiger partial charge on any atom is -0.290 e. The van der Waals surface area contributed by atoms with Crippen molar-refractivity contribution in [2.24, 2.45) is 0 Å². The number of benzene rings is 4. The second kappa shape index (κ2) is 17.8. The van der Waals surface area contributed by atoms with Crippen molar-refractivity contribution < 1.29 is 14.5 Å². The molecule has 6 heteroatoms. The van der Waals surface area contributed by atoms with Gasteiger partial charge in [0.2, 0.25) is 0 Å². The standard InChI is InChI=1S/C57H81N3O3/c1-40(61-58-52(4,5)31-16-32-53(58,6)7)43-19-25-46(26-20-43)49-37-50(47-27-21-44(22-28-47)41(2)62-59-54(8,9)33-17-34-55(59,10)11)39-51(38-49)48-29-23-45(24-30-48)42(3)63-60-56(12,13)35-18-36-57(60,14)15/h19-30,37-42H,16-18,31-36H2,1-15H3. The normalized spacial score (nSPS) is 23.5. The van der Waals surface area contributed by atoms with Crippen LogP contribution in [0, 0.1) is 0 Å². The first-order valence-corrected chi connectivity index (χ1v) is 24.3. The third kappa shape index (κ3) is 10.4. The smallest absolute Gasteiger partial charge is 0.102 e. The van der Waals surface area contributed by atoms with Crippen molar-refractivity contribution in [1.29, 1.82) is 0 Å². The molecule has 3 heterocycles. The number of nitrogens with zero attached hydrogens (tertiary/aromatic N) is 3. The van der Waals surface area contributed by atoms with Crippen LogP contribution in [0.5, 0.6) is 0 Å². The summed E-state index contributed by atoms with van der Waals surface area (Å²) in [7, 11) is 0. The number of piperidine rings is 3. The SMILES string of the molecule is CC(ON1C(C)(C)CCCC1(C)C)c1ccc(-c2cc(-c3ccc(C(C)ON4C(C)(C)CCCC4(C)C)cc3)cc(-c3ccc(C(C)ON4C(C)(C)CCCC4(C)C)cc3)c2)cc1. The van der Waals surface area contributed by atoms with Crippen LogP contribution in [0.1, 0.15) is 197 Å². The maximum Gasteiger partial charge on any atom is 0.102 e. The molecule has 4 aromatic rings. The average molecular weight is 856 g/mol. The van der Waals surface area contributed by atoms with Crippen molar-refractivity contribution in [2.75, 3.05) is 0 Å². The molecule has 3 saturated heterocycles. The number of rotatable bonds is 12. The van der Waals surface area contributed by atoms with Crippen LogP contribution in [-0.4, -0.2) is 48.4 Å². The largest absolute Gasteiger partial charge is 0.290 e. The Morgan fingerprint density at radius 2 is 0.508 bits per heavy atom. The highest BCUT2D eigenvalue weighted by molar-refractivity contribution is 5.81. The Kier molecular flexibility index (Phi) is 13.4. The molecule has 0 bridgehead atoms. The zero-order valence-electron chi connectivity index (χ0n) is 41.8. The van der Waals surface area contributed by atoms with E-state index >= 15 is 0 Å². The summed E-state index contributed by atoms with van der Waals surface area (Å²) < 4.78 is 0. The summed E-state index contributed by atoms with van der Waals surface area (Å²) in [6, 6.07) is 34.1. The zero-order valence-corrected chi connectivity index (χ0v) is 41.8. The summed E-state index contributed by atoms with van der Waals surface area (Å²) >= 11 is 0. The molecular formula is C57H81N3O3. The molecule has 3 fully saturated rings. The summed E-state index contributed by atoms with van der Waals surface area (Å²) in [5.74, 6) is 0. The molecule has 3 aliphatic rings. The van der Waals surface area contributed by atoms with Gasteiger partial charge in [-0.3, -0.25) is 14.5 Å². The summed E-state index contributed by atoms with van der Waals surface area (Å²) in [6.07, 6.45) is 10.3. The number of hydrogen-bond acceptors (Lipinski definition) is 6. The molecule has 342 valence electrons. The van der Waals surface area contributed by atoms with E-state index in [1.807, 2.05) is 0 Å². The highest BCUT2D eigenvalue weighted by Gasteiger charge is 2.45. The van der Waals surface area contributed by atoms with Gasteiger partial charge >= 0.3 is 0 Å². The Morgan fingerprint density at radius 3 is 0.698 bits per heavy atom. The molecule has 3 atom stereocenters. The van der Waals surface area contributed by atoms with Crippen LogP contribution >= 0.6 is 0 Å². The average Bonchev–Trinajstić information content (AvgIpc) is 3.21. The minimum atomic E-state index is -0.0634. The first-order chi connectivity index (χ1) is 29.4. The molecule has 63 heavy (non-hydrogen) atoms. The highest BCUT2D eigenvalue weighted by Crippen LogP contribution is 2.44. The Labute approximate surface area is 382 Å². The van der Waals surface area contributed by atoms with Crippen molar-refractivity contribution in [1.82, 2.24) is 15.2 Å². The molecule has 0 aliphatic carbocycles. The predicted molar refractivity (Wildman–Crippen MR) is 263 cm³/mol. The molecule has 6 nitrogen and oxygen atoms in total. The Morgan fingerprint density at radius 1 is 0.317 bits per heavy atom. The molecule has 7 rings (SSSR count). The maximum atomic E-state index is 6.80. The van der Waals surface area contributed by atoms with Crippen LogP contribution in [0.3, 0.4) is 0 Å². The van der Waals surface area contributed by atoms with E-state index in [2.05, 4.69) is 210 Å². The second-order valence-corrected chi connectivity index (χ2v) is 23.2. The van der Waals surface area contributed by atoms with Crippen molar-refractivity contribution in [2.45, 2.75) is 213 Å². The third-order valence-corrected chi connectivity index (χ3v) is 14.9. The number of hydroxylamine groups is 6. The van der Waals surface area contributed by atoms with Crippen LogP contribution in [0.4, 0.5) is 0 Å². The molecule has 0 saturated carbocycles. The molecule has 3 unspecified atom stereocenters. The van der Waals surface area contributed by atoms with Crippen LogP contribution in [0.2, 0.25) is 0 Å². The van der Waals surface area contributed by atoms with Gasteiger partial charge < -0.3 is 0 Å². The van der Waals surface area contributed by atoms with Crippen LogP contribution in [-0.2, 0) is 14.5 Å². The van der Waals surface area contributed by atoms with Gasteiger partial charge in [0.1, 0.15) is 18.3 Å². The van der Waals surface area contributed by atoms with E-state index in [9.17, 15) is 0 Å². The molecule has 0 amide bonds. The minimum absolute atomic E-state index is 0.0123. The molecule has 0 radical (unpaired) electrons. The lowest BCUT2D eigenvalue weighted by Crippen LogP contribution is -2.58. The molecule has 0 N–H and O–H groups in total. The highest BCUT2D eigenvalue weighted by atomic mass is 16.7. The molecule has 4 aromatic carbocycles. The molecule has 3 aliphatic heterocycles. The van der Waals surface area contributed by atoms with E-state index in [1.54, 1.807) is 0 Å². The molecule has 0 spiro atoms. The van der Waals surface area contributed by atoms with E-state index in [4.69, 9.17) is 14.5 Å². The van der Waals surface area contributed by atoms with E-state index in [1.165, 1.54) is 69.3 Å². The Hall–Kier alpha value is -3.36. The van der Waals surface area contributed by atoms with Gasteiger partial charge in [-0.1, -0.05) is 72.8 Å². The zero-order chi connectivity index (χ0) is 45.8. The second-order valence-electron chi connectivity index (χ2n) is 23.2. The topological polar surface area (TPSA) is 37.4 Å². The third-order valence-electron chi connectivity index (χ3n) is 14.9. The van der Waals surface area contributed by atoms with Gasteiger partial charge in [-0.15, -0.1) is 0 Å². The van der Waals surface area contributed by atoms with Gasteiger partial charge in [-0.25, -0.2) is 0 Å². The molecule has 0 aromatic heterocycles. The van der Waals surface area contributed by atoms with Crippen LogP contribution in [0.15, 0.2) is 91.0 Å². The first kappa shape index (κ1) is 47.6. The lowest BCUT2D eigenvalue weighted by molar-refractivity contribution is -0.304. The summed E-state index contributed by atoms with van der Waals surface area (Å²) in [5.41, 5.74) is 10.6. The quantitative estimate of drug-likeness (QED) is 0.141. The van der Waals surface area contributed by atoms with E-state index in [0.717, 1.165) is 38.5 Å². The van der Waals surface area contributed by atoms with E-state index < -0.39 is 0 Å². The Balaban J connectivity index is 1.17. The maximum absolute atomic E-state index is 6.80. The van der Waals surface area contributed by atoms with Crippen molar-refractivity contribution in [3.8, 4) is 33.4 Å². The summed E-state index contributed by atoms with van der Waals surface area (Å²) in [6.45, 7) is 34.3. The van der Waals surface area contributed by atoms with Gasteiger partial charge in [0, 0.05) is 33.2 Å². The fourth-order valence-electron chi connectivity index (χ4n) is 11.4. The predicted octanol–water partition coefficient (Wildman–Crippen LogP) is 15.8.